The maximum Gasteiger partial charge on any atom is 0.337 e. The number of fused-ring (bicyclic) bond motifs is 2. The van der Waals surface area contributed by atoms with Crippen LogP contribution in [0.3, 0.4) is 0 Å². The Morgan fingerprint density at radius 1 is 1.04 bits per heavy atom. The fourth-order valence-corrected chi connectivity index (χ4v) is 6.29. The molecule has 2 fully saturated rings. The van der Waals surface area contributed by atoms with Crippen LogP contribution in [0.5, 0.6) is 0 Å². The first-order valence-electron chi connectivity index (χ1n) is 9.30. The van der Waals surface area contributed by atoms with Crippen LogP contribution in [0.2, 0.25) is 0 Å². The van der Waals surface area contributed by atoms with Gasteiger partial charge in [0.1, 0.15) is 0 Å². The van der Waals surface area contributed by atoms with E-state index in [-0.39, 0.29) is 32.9 Å². The van der Waals surface area contributed by atoms with Gasteiger partial charge in [-0.3, -0.25) is 0 Å². The van der Waals surface area contributed by atoms with Crippen molar-refractivity contribution < 1.29 is 27.5 Å². The van der Waals surface area contributed by atoms with Crippen LogP contribution in [-0.4, -0.2) is 40.6 Å². The number of benzene rings is 1. The number of hydrogen-bond acceptors (Lipinski definition) is 6. The van der Waals surface area contributed by atoms with Gasteiger partial charge in [-0.05, 0) is 54.2 Å². The van der Waals surface area contributed by atoms with Gasteiger partial charge in [0.05, 0.1) is 30.2 Å². The van der Waals surface area contributed by atoms with Gasteiger partial charge in [0, 0.05) is 6.04 Å². The second-order valence-corrected chi connectivity index (χ2v) is 10.2. The Morgan fingerprint density at radius 2 is 1.57 bits per heavy atom. The fourth-order valence-electron chi connectivity index (χ4n) is 4.86. The number of rotatable bonds is 5. The molecule has 0 spiro atoms. The van der Waals surface area contributed by atoms with Crippen LogP contribution in [-0.2, 0) is 19.5 Å². The second kappa shape index (κ2) is 6.84. The van der Waals surface area contributed by atoms with Gasteiger partial charge in [-0.1, -0.05) is 20.8 Å². The Labute approximate surface area is 165 Å². The topological polar surface area (TPSA) is 98.8 Å². The molecular weight excluding hydrogens is 382 g/mol. The summed E-state index contributed by atoms with van der Waals surface area (Å²) in [6, 6.07) is 3.51. The summed E-state index contributed by atoms with van der Waals surface area (Å²) >= 11 is 0. The zero-order valence-corrected chi connectivity index (χ0v) is 17.7. The Bertz CT molecular complexity index is 888. The lowest BCUT2D eigenvalue weighted by molar-refractivity contribution is 0.0598. The molecule has 1 N–H and O–H groups in total. The molecule has 0 saturated heterocycles. The van der Waals surface area contributed by atoms with E-state index in [0.29, 0.717) is 5.92 Å². The van der Waals surface area contributed by atoms with Crippen LogP contribution in [0.15, 0.2) is 23.1 Å². The standard InChI is InChI=1S/C20H27NO6S/c1-19(2)14-6-7-20(19,3)16(11-14)21-28(24,25)15-9-12(17(22)26-4)8-13(10-15)18(23)27-5/h8-10,14,16,21H,6-7,11H2,1-5H3. The highest BCUT2D eigenvalue weighted by Gasteiger charge is 2.61. The lowest BCUT2D eigenvalue weighted by Gasteiger charge is -2.39. The van der Waals surface area contributed by atoms with Crippen molar-refractivity contribution in [1.29, 1.82) is 0 Å². The molecule has 2 saturated carbocycles. The molecule has 2 aliphatic carbocycles. The number of sulfonamides is 1. The highest BCUT2D eigenvalue weighted by Crippen LogP contribution is 2.65. The molecule has 3 atom stereocenters. The smallest absolute Gasteiger partial charge is 0.337 e. The average Bonchev–Trinajstić information content (AvgIpc) is 2.99. The van der Waals surface area contributed by atoms with Gasteiger partial charge in [0.2, 0.25) is 10.0 Å². The van der Waals surface area contributed by atoms with E-state index in [4.69, 9.17) is 0 Å². The van der Waals surface area contributed by atoms with Gasteiger partial charge in [-0.15, -0.1) is 0 Å². The summed E-state index contributed by atoms with van der Waals surface area (Å²) in [6.45, 7) is 6.54. The minimum absolute atomic E-state index is 0.0229. The van der Waals surface area contributed by atoms with Crippen LogP contribution in [0.4, 0.5) is 0 Å². The summed E-state index contributed by atoms with van der Waals surface area (Å²) in [7, 11) is -1.56. The van der Waals surface area contributed by atoms with Gasteiger partial charge < -0.3 is 9.47 Å². The molecule has 0 aliphatic heterocycles. The van der Waals surface area contributed by atoms with Crippen molar-refractivity contribution in [3.05, 3.63) is 29.3 Å². The van der Waals surface area contributed by atoms with Crippen molar-refractivity contribution in [2.24, 2.45) is 16.7 Å². The highest BCUT2D eigenvalue weighted by molar-refractivity contribution is 7.89. The van der Waals surface area contributed by atoms with E-state index < -0.39 is 22.0 Å². The van der Waals surface area contributed by atoms with E-state index in [1.54, 1.807) is 0 Å². The number of ether oxygens (including phenoxy) is 2. The molecule has 8 heteroatoms. The molecule has 3 unspecified atom stereocenters. The maximum absolute atomic E-state index is 13.1. The summed E-state index contributed by atoms with van der Waals surface area (Å²) in [5.41, 5.74) is -0.142. The number of carbonyl (C=O) groups is 2. The average molecular weight is 410 g/mol. The fraction of sp³-hybridized carbons (Fsp3) is 0.600. The molecule has 0 heterocycles. The van der Waals surface area contributed by atoms with E-state index in [1.807, 2.05) is 0 Å². The van der Waals surface area contributed by atoms with Crippen molar-refractivity contribution in [2.75, 3.05) is 14.2 Å². The normalized spacial score (nSPS) is 28.2. The van der Waals surface area contributed by atoms with Gasteiger partial charge in [0.25, 0.3) is 0 Å². The molecule has 3 rings (SSSR count). The van der Waals surface area contributed by atoms with Gasteiger partial charge in [-0.2, -0.15) is 0 Å². The lowest BCUT2D eigenvalue weighted by Crippen LogP contribution is -2.46. The van der Waals surface area contributed by atoms with Gasteiger partial charge in [-0.25, -0.2) is 22.7 Å². The van der Waals surface area contributed by atoms with Gasteiger partial charge >= 0.3 is 11.9 Å². The van der Waals surface area contributed by atoms with E-state index in [0.717, 1.165) is 19.3 Å². The molecule has 7 nitrogen and oxygen atoms in total. The molecule has 0 radical (unpaired) electrons. The first kappa shape index (κ1) is 20.8. The second-order valence-electron chi connectivity index (χ2n) is 8.51. The quantitative estimate of drug-likeness (QED) is 0.751. The summed E-state index contributed by atoms with van der Waals surface area (Å²) < 4.78 is 38.5. The molecule has 0 aromatic heterocycles. The summed E-state index contributed by atoms with van der Waals surface area (Å²) in [4.78, 5) is 23.7. The van der Waals surface area contributed by atoms with E-state index in [1.165, 1.54) is 32.4 Å². The summed E-state index contributed by atoms with van der Waals surface area (Å²) in [5, 5.41) is 0. The minimum atomic E-state index is -3.95. The van der Waals surface area contributed by atoms with Gasteiger partial charge in [0.15, 0.2) is 0 Å². The predicted octanol–water partition coefficient (Wildman–Crippen LogP) is 2.75. The van der Waals surface area contributed by atoms with Crippen LogP contribution in [0.25, 0.3) is 0 Å². The van der Waals surface area contributed by atoms with Crippen LogP contribution in [0.1, 0.15) is 60.7 Å². The Kier molecular flexibility index (Phi) is 5.08. The van der Waals surface area contributed by atoms with Crippen molar-refractivity contribution >= 4 is 22.0 Å². The Balaban J connectivity index is 1.98. The van der Waals surface area contributed by atoms with Crippen LogP contribution in [0, 0.1) is 16.7 Å². The zero-order chi connectivity index (χ0) is 20.9. The molecule has 1 aromatic carbocycles. The summed E-state index contributed by atoms with van der Waals surface area (Å²) in [5.74, 6) is -0.984. The van der Waals surface area contributed by atoms with Crippen molar-refractivity contribution in [3.8, 4) is 0 Å². The summed E-state index contributed by atoms with van der Waals surface area (Å²) in [6.07, 6.45) is 2.85. The molecule has 1 aromatic rings. The largest absolute Gasteiger partial charge is 0.465 e. The Morgan fingerprint density at radius 3 is 1.96 bits per heavy atom. The predicted molar refractivity (Wildman–Crippen MR) is 102 cm³/mol. The highest BCUT2D eigenvalue weighted by atomic mass is 32.2. The minimum Gasteiger partial charge on any atom is -0.465 e. The lowest BCUT2D eigenvalue weighted by atomic mass is 9.69. The van der Waals surface area contributed by atoms with Crippen molar-refractivity contribution in [2.45, 2.75) is 51.0 Å². The number of esters is 2. The maximum atomic E-state index is 13.1. The number of carbonyl (C=O) groups excluding carboxylic acids is 2. The molecular formula is C20H27NO6S. The third-order valence-electron chi connectivity index (χ3n) is 7.15. The van der Waals surface area contributed by atoms with E-state index in [2.05, 4.69) is 35.0 Å². The molecule has 154 valence electrons. The zero-order valence-electron chi connectivity index (χ0n) is 16.9. The van der Waals surface area contributed by atoms with Crippen LogP contribution < -0.4 is 4.72 Å². The van der Waals surface area contributed by atoms with E-state index >= 15 is 0 Å². The molecule has 0 amide bonds. The SMILES string of the molecule is COC(=O)c1cc(C(=O)OC)cc(S(=O)(=O)NC2CC3CCC2(C)C3(C)C)c1. The van der Waals surface area contributed by atoms with Crippen molar-refractivity contribution in [1.82, 2.24) is 4.72 Å². The number of hydrogen-bond donors (Lipinski definition) is 1. The van der Waals surface area contributed by atoms with Crippen molar-refractivity contribution in [3.63, 3.8) is 0 Å². The Hall–Kier alpha value is -1.93. The first-order chi connectivity index (χ1) is 13.0. The monoisotopic (exact) mass is 409 g/mol. The number of nitrogens with one attached hydrogen (secondary N) is 1. The number of methoxy groups -OCH3 is 2. The third-order valence-corrected chi connectivity index (χ3v) is 8.60. The first-order valence-corrected chi connectivity index (χ1v) is 10.8. The third kappa shape index (κ3) is 3.12. The molecule has 2 aliphatic rings. The molecule has 28 heavy (non-hydrogen) atoms. The van der Waals surface area contributed by atoms with Crippen LogP contribution >= 0.6 is 0 Å². The van der Waals surface area contributed by atoms with E-state index in [9.17, 15) is 18.0 Å². The molecule has 2 bridgehead atoms.